The van der Waals surface area contributed by atoms with E-state index < -0.39 is 10.0 Å². The van der Waals surface area contributed by atoms with Gasteiger partial charge >= 0.3 is 0 Å². The number of amides is 1. The number of sulfonamides is 1. The van der Waals surface area contributed by atoms with E-state index in [1.807, 2.05) is 0 Å². The van der Waals surface area contributed by atoms with Gasteiger partial charge in [-0.05, 0) is 61.6 Å². The van der Waals surface area contributed by atoms with E-state index in [2.05, 4.69) is 0 Å². The fourth-order valence-corrected chi connectivity index (χ4v) is 5.31. The first-order valence-electron chi connectivity index (χ1n) is 10.1. The molecule has 154 valence electrons. The maximum atomic E-state index is 13.2. The van der Waals surface area contributed by atoms with E-state index >= 15 is 0 Å². The molecule has 29 heavy (non-hydrogen) atoms. The Morgan fingerprint density at radius 1 is 1.03 bits per heavy atom. The normalized spacial score (nSPS) is 17.8. The molecule has 5 nitrogen and oxygen atoms in total. The van der Waals surface area contributed by atoms with Crippen LogP contribution >= 0.6 is 0 Å². The van der Waals surface area contributed by atoms with Crippen LogP contribution in [0.4, 0.5) is 4.39 Å². The molecule has 1 aliphatic heterocycles. The Kier molecular flexibility index (Phi) is 5.69. The van der Waals surface area contributed by atoms with E-state index in [9.17, 15) is 17.6 Å². The zero-order chi connectivity index (χ0) is 20.4. The summed E-state index contributed by atoms with van der Waals surface area (Å²) in [5.41, 5.74) is 1.22. The second-order valence-corrected chi connectivity index (χ2v) is 9.72. The van der Waals surface area contributed by atoms with Crippen molar-refractivity contribution in [1.29, 1.82) is 0 Å². The van der Waals surface area contributed by atoms with Crippen molar-refractivity contribution in [1.82, 2.24) is 9.21 Å². The Morgan fingerprint density at radius 2 is 1.72 bits per heavy atom. The van der Waals surface area contributed by atoms with Crippen LogP contribution in [0.3, 0.4) is 0 Å². The Hall–Kier alpha value is -2.25. The van der Waals surface area contributed by atoms with E-state index in [0.717, 1.165) is 37.7 Å². The third-order valence-electron chi connectivity index (χ3n) is 5.55. The Balaban J connectivity index is 1.57. The molecule has 1 amide bonds. The first-order chi connectivity index (χ1) is 13.9. The van der Waals surface area contributed by atoms with Gasteiger partial charge in [-0.25, -0.2) is 12.8 Å². The lowest BCUT2D eigenvalue weighted by Crippen LogP contribution is -2.36. The molecule has 2 aromatic rings. The molecule has 0 spiro atoms. The van der Waals surface area contributed by atoms with Gasteiger partial charge in [-0.1, -0.05) is 24.6 Å². The van der Waals surface area contributed by atoms with Crippen LogP contribution in [0.15, 0.2) is 53.4 Å². The summed E-state index contributed by atoms with van der Waals surface area (Å²) in [6, 6.07) is 12.6. The molecule has 1 saturated heterocycles. The molecule has 1 saturated carbocycles. The highest BCUT2D eigenvalue weighted by atomic mass is 32.2. The van der Waals surface area contributed by atoms with Crippen molar-refractivity contribution in [2.24, 2.45) is 0 Å². The van der Waals surface area contributed by atoms with Crippen LogP contribution in [0.2, 0.25) is 0 Å². The van der Waals surface area contributed by atoms with Gasteiger partial charge in [0.2, 0.25) is 10.0 Å². The standard InChI is InChI=1S/C22H25FN2O3S/c23-19-9-7-17(8-10-19)16-25(20-11-12-20)22(26)18-5-4-6-21(15-18)29(27,28)24-13-2-1-3-14-24/h4-10,15,20H,1-3,11-14,16H2. The molecular weight excluding hydrogens is 391 g/mol. The molecule has 0 aromatic heterocycles. The zero-order valence-electron chi connectivity index (χ0n) is 16.3. The van der Waals surface area contributed by atoms with Crippen LogP contribution < -0.4 is 0 Å². The van der Waals surface area contributed by atoms with Crippen LogP contribution in [0.5, 0.6) is 0 Å². The molecule has 2 aromatic carbocycles. The minimum absolute atomic E-state index is 0.148. The number of rotatable bonds is 6. The second kappa shape index (κ2) is 8.24. The Morgan fingerprint density at radius 3 is 2.38 bits per heavy atom. The summed E-state index contributed by atoms with van der Waals surface area (Å²) >= 11 is 0. The van der Waals surface area contributed by atoms with Gasteiger partial charge in [-0.3, -0.25) is 4.79 Å². The second-order valence-electron chi connectivity index (χ2n) is 7.78. The van der Waals surface area contributed by atoms with Gasteiger partial charge in [-0.2, -0.15) is 4.31 Å². The number of hydrogen-bond donors (Lipinski definition) is 0. The summed E-state index contributed by atoms with van der Waals surface area (Å²) < 4.78 is 40.6. The average Bonchev–Trinajstić information content (AvgIpc) is 3.59. The summed E-state index contributed by atoms with van der Waals surface area (Å²) in [5.74, 6) is -0.499. The Labute approximate surface area is 171 Å². The monoisotopic (exact) mass is 416 g/mol. The van der Waals surface area contributed by atoms with Crippen LogP contribution in [-0.2, 0) is 16.6 Å². The minimum atomic E-state index is -3.59. The quantitative estimate of drug-likeness (QED) is 0.720. The van der Waals surface area contributed by atoms with Crippen molar-refractivity contribution in [3.05, 3.63) is 65.5 Å². The Bertz CT molecular complexity index is 981. The number of benzene rings is 2. The van der Waals surface area contributed by atoms with Gasteiger partial charge in [0.15, 0.2) is 0 Å². The lowest BCUT2D eigenvalue weighted by molar-refractivity contribution is 0.0729. The van der Waals surface area contributed by atoms with Crippen LogP contribution in [0, 0.1) is 5.82 Å². The third-order valence-corrected chi connectivity index (χ3v) is 7.44. The fraction of sp³-hybridized carbons (Fsp3) is 0.409. The maximum absolute atomic E-state index is 13.2. The summed E-state index contributed by atoms with van der Waals surface area (Å²) in [6.45, 7) is 1.44. The highest BCUT2D eigenvalue weighted by Crippen LogP contribution is 2.30. The largest absolute Gasteiger partial charge is 0.331 e. The molecule has 7 heteroatoms. The summed E-state index contributed by atoms with van der Waals surface area (Å²) in [7, 11) is -3.59. The van der Waals surface area contributed by atoms with Gasteiger partial charge in [0, 0.05) is 31.2 Å². The van der Waals surface area contributed by atoms with Gasteiger partial charge < -0.3 is 4.90 Å². The van der Waals surface area contributed by atoms with E-state index in [-0.39, 0.29) is 22.7 Å². The van der Waals surface area contributed by atoms with E-state index in [4.69, 9.17) is 0 Å². The van der Waals surface area contributed by atoms with Gasteiger partial charge in [0.05, 0.1) is 4.90 Å². The first-order valence-corrected chi connectivity index (χ1v) is 11.5. The zero-order valence-corrected chi connectivity index (χ0v) is 17.1. The fourth-order valence-electron chi connectivity index (χ4n) is 3.75. The van der Waals surface area contributed by atoms with Gasteiger partial charge in [-0.15, -0.1) is 0 Å². The topological polar surface area (TPSA) is 57.7 Å². The van der Waals surface area contributed by atoms with Crippen LogP contribution in [-0.4, -0.2) is 42.7 Å². The number of hydrogen-bond acceptors (Lipinski definition) is 3. The van der Waals surface area contributed by atoms with E-state index in [0.29, 0.717) is 25.2 Å². The van der Waals surface area contributed by atoms with Crippen molar-refractivity contribution in [3.8, 4) is 0 Å². The highest BCUT2D eigenvalue weighted by molar-refractivity contribution is 7.89. The van der Waals surface area contributed by atoms with Crippen molar-refractivity contribution < 1.29 is 17.6 Å². The number of carbonyl (C=O) groups is 1. The molecule has 0 radical (unpaired) electrons. The third kappa shape index (κ3) is 4.51. The molecular formula is C22H25FN2O3S. The molecule has 0 unspecified atom stereocenters. The minimum Gasteiger partial charge on any atom is -0.331 e. The van der Waals surface area contributed by atoms with E-state index in [1.54, 1.807) is 35.2 Å². The predicted octanol–water partition coefficient (Wildman–Crippen LogP) is 3.81. The number of nitrogens with zero attached hydrogens (tertiary/aromatic N) is 2. The smallest absolute Gasteiger partial charge is 0.254 e. The molecule has 0 N–H and O–H groups in total. The predicted molar refractivity (Wildman–Crippen MR) is 108 cm³/mol. The van der Waals surface area contributed by atoms with Gasteiger partial charge in [0.25, 0.3) is 5.91 Å². The van der Waals surface area contributed by atoms with E-state index in [1.165, 1.54) is 22.5 Å². The van der Waals surface area contributed by atoms with Crippen molar-refractivity contribution in [2.75, 3.05) is 13.1 Å². The number of carbonyl (C=O) groups excluding carboxylic acids is 1. The lowest BCUT2D eigenvalue weighted by atomic mass is 10.1. The lowest BCUT2D eigenvalue weighted by Gasteiger charge is -2.26. The summed E-state index contributed by atoms with van der Waals surface area (Å²) in [5, 5.41) is 0. The number of piperidine rings is 1. The van der Waals surface area contributed by atoms with Crippen molar-refractivity contribution >= 4 is 15.9 Å². The molecule has 1 aliphatic carbocycles. The van der Waals surface area contributed by atoms with Crippen molar-refractivity contribution in [3.63, 3.8) is 0 Å². The molecule has 4 rings (SSSR count). The highest BCUT2D eigenvalue weighted by Gasteiger charge is 2.34. The molecule has 0 bridgehead atoms. The summed E-state index contributed by atoms with van der Waals surface area (Å²) in [4.78, 5) is 15.1. The molecule has 2 aliphatic rings. The maximum Gasteiger partial charge on any atom is 0.254 e. The SMILES string of the molecule is O=C(c1cccc(S(=O)(=O)N2CCCCC2)c1)N(Cc1ccc(F)cc1)C1CC1. The summed E-state index contributed by atoms with van der Waals surface area (Å²) in [6.07, 6.45) is 4.64. The molecule has 0 atom stereocenters. The number of halogens is 1. The average molecular weight is 417 g/mol. The van der Waals surface area contributed by atoms with Crippen molar-refractivity contribution in [2.45, 2.75) is 49.6 Å². The molecule has 2 fully saturated rings. The van der Waals surface area contributed by atoms with Crippen LogP contribution in [0.1, 0.15) is 48.0 Å². The van der Waals surface area contributed by atoms with Gasteiger partial charge in [0.1, 0.15) is 5.82 Å². The van der Waals surface area contributed by atoms with Crippen LogP contribution in [0.25, 0.3) is 0 Å². The molecule has 1 heterocycles. The first kappa shape index (κ1) is 20.0.